The van der Waals surface area contributed by atoms with E-state index in [0.717, 1.165) is 21.2 Å². The van der Waals surface area contributed by atoms with E-state index >= 15 is 0 Å². The number of ether oxygens (including phenoxy) is 1. The molecule has 8 heteroatoms. The molecule has 1 heterocycles. The molecule has 0 atom stereocenters. The van der Waals surface area contributed by atoms with E-state index in [1.807, 2.05) is 43.3 Å². The first-order valence-corrected chi connectivity index (χ1v) is 11.6. The molecule has 3 aromatic carbocycles. The van der Waals surface area contributed by atoms with Crippen molar-refractivity contribution in [2.24, 2.45) is 0 Å². The van der Waals surface area contributed by atoms with E-state index < -0.39 is 11.9 Å². The third-order valence-corrected chi connectivity index (χ3v) is 6.14. The zero-order chi connectivity index (χ0) is 23.5. The van der Waals surface area contributed by atoms with Gasteiger partial charge in [-0.05, 0) is 48.9 Å². The number of hydrogen-bond acceptors (Lipinski definition) is 3. The molecule has 0 spiro atoms. The highest BCUT2D eigenvalue weighted by Crippen LogP contribution is 2.29. The second kappa shape index (κ2) is 10.00. The topological polar surface area (TPSA) is 58.6 Å². The highest BCUT2D eigenvalue weighted by atomic mass is 79.9. The van der Waals surface area contributed by atoms with Gasteiger partial charge in [0.25, 0.3) is 5.91 Å². The molecule has 1 aliphatic rings. The maximum absolute atomic E-state index is 13.0. The molecular formula is C25H19BrCl2N2O3. The van der Waals surface area contributed by atoms with Gasteiger partial charge in [0.1, 0.15) is 18.1 Å². The molecule has 5 nitrogen and oxygen atoms in total. The van der Waals surface area contributed by atoms with Gasteiger partial charge in [-0.1, -0.05) is 75.0 Å². The van der Waals surface area contributed by atoms with Crippen LogP contribution in [-0.2, 0) is 17.9 Å². The number of urea groups is 1. The van der Waals surface area contributed by atoms with E-state index in [-0.39, 0.29) is 18.8 Å². The normalized spacial score (nSPS) is 14.7. The van der Waals surface area contributed by atoms with Crippen molar-refractivity contribution in [1.82, 2.24) is 10.2 Å². The lowest BCUT2D eigenvalue weighted by atomic mass is 10.1. The van der Waals surface area contributed by atoms with Gasteiger partial charge < -0.3 is 10.1 Å². The van der Waals surface area contributed by atoms with Gasteiger partial charge in [-0.15, -0.1) is 0 Å². The summed E-state index contributed by atoms with van der Waals surface area (Å²) in [7, 11) is 0. The van der Waals surface area contributed by atoms with Crippen molar-refractivity contribution < 1.29 is 14.3 Å². The van der Waals surface area contributed by atoms with Crippen LogP contribution in [0.5, 0.6) is 5.75 Å². The molecule has 0 saturated carbocycles. The standard InChI is InChI=1S/C25H19BrCl2N2O3/c1-15-3-2-4-16(9-15)13-30-24(31)22(29-25(30)32)11-18-10-19(26)6-8-23(18)33-14-17-5-7-20(27)12-21(17)28/h2-12H,13-14H2,1H3,(H,29,32)/b22-11+. The smallest absolute Gasteiger partial charge is 0.329 e. The molecule has 168 valence electrons. The number of benzene rings is 3. The molecule has 0 aliphatic carbocycles. The van der Waals surface area contributed by atoms with E-state index in [1.165, 1.54) is 4.90 Å². The highest BCUT2D eigenvalue weighted by molar-refractivity contribution is 9.10. The fourth-order valence-corrected chi connectivity index (χ4v) is 4.26. The minimum atomic E-state index is -0.460. The number of imide groups is 1. The number of carbonyl (C=O) groups is 2. The Kier molecular flexibility index (Phi) is 7.08. The molecule has 3 amide bonds. The predicted molar refractivity (Wildman–Crippen MR) is 133 cm³/mol. The summed E-state index contributed by atoms with van der Waals surface area (Å²) in [6.07, 6.45) is 1.61. The highest BCUT2D eigenvalue weighted by Gasteiger charge is 2.33. The maximum Gasteiger partial charge on any atom is 0.329 e. The van der Waals surface area contributed by atoms with Crippen molar-refractivity contribution in [3.8, 4) is 5.75 Å². The van der Waals surface area contributed by atoms with Crippen LogP contribution in [0.2, 0.25) is 10.0 Å². The van der Waals surface area contributed by atoms with Crippen LogP contribution in [0.25, 0.3) is 6.08 Å². The Morgan fingerprint density at radius 1 is 1.06 bits per heavy atom. The fourth-order valence-electron chi connectivity index (χ4n) is 3.42. The summed E-state index contributed by atoms with van der Waals surface area (Å²) in [5.74, 6) is 0.143. The van der Waals surface area contributed by atoms with Crippen LogP contribution in [0.15, 0.2) is 70.8 Å². The zero-order valence-corrected chi connectivity index (χ0v) is 20.7. The minimum absolute atomic E-state index is 0.181. The summed E-state index contributed by atoms with van der Waals surface area (Å²) in [6.45, 7) is 2.38. The largest absolute Gasteiger partial charge is 0.488 e. The molecule has 1 aliphatic heterocycles. The number of amides is 3. The molecular weight excluding hydrogens is 527 g/mol. The summed E-state index contributed by atoms with van der Waals surface area (Å²) in [6, 6.07) is 17.9. The molecule has 0 bridgehead atoms. The summed E-state index contributed by atoms with van der Waals surface area (Å²) in [5, 5.41) is 3.71. The van der Waals surface area contributed by atoms with Crippen LogP contribution in [0.1, 0.15) is 22.3 Å². The first-order chi connectivity index (χ1) is 15.8. The SMILES string of the molecule is Cc1cccc(CN2C(=O)N/C(=C/c3cc(Br)ccc3OCc3ccc(Cl)cc3Cl)C2=O)c1. The summed E-state index contributed by atoms with van der Waals surface area (Å²) < 4.78 is 6.78. The van der Waals surface area contributed by atoms with Crippen molar-refractivity contribution in [2.75, 3.05) is 0 Å². The monoisotopic (exact) mass is 544 g/mol. The summed E-state index contributed by atoms with van der Waals surface area (Å²) in [4.78, 5) is 26.6. The Balaban J connectivity index is 1.56. The summed E-state index contributed by atoms with van der Waals surface area (Å²) in [5.41, 5.74) is 3.53. The maximum atomic E-state index is 13.0. The Morgan fingerprint density at radius 2 is 1.88 bits per heavy atom. The lowest BCUT2D eigenvalue weighted by molar-refractivity contribution is -0.123. The number of carbonyl (C=O) groups excluding carboxylic acids is 2. The minimum Gasteiger partial charge on any atom is -0.488 e. The van der Waals surface area contributed by atoms with Gasteiger partial charge in [0.2, 0.25) is 0 Å². The van der Waals surface area contributed by atoms with Gasteiger partial charge in [0, 0.05) is 25.6 Å². The molecule has 0 radical (unpaired) electrons. The van der Waals surface area contributed by atoms with Crippen LogP contribution >= 0.6 is 39.1 Å². The first kappa shape index (κ1) is 23.4. The number of nitrogens with zero attached hydrogens (tertiary/aromatic N) is 1. The van der Waals surface area contributed by atoms with E-state index in [1.54, 1.807) is 30.3 Å². The fraction of sp³-hybridized carbons (Fsp3) is 0.120. The first-order valence-electron chi connectivity index (χ1n) is 10.1. The van der Waals surface area contributed by atoms with Crippen molar-refractivity contribution in [2.45, 2.75) is 20.1 Å². The van der Waals surface area contributed by atoms with Crippen LogP contribution < -0.4 is 10.1 Å². The van der Waals surface area contributed by atoms with Crippen molar-refractivity contribution in [1.29, 1.82) is 0 Å². The Hall–Kier alpha value is -2.80. The van der Waals surface area contributed by atoms with E-state index in [4.69, 9.17) is 27.9 Å². The molecule has 33 heavy (non-hydrogen) atoms. The van der Waals surface area contributed by atoms with Crippen molar-refractivity contribution in [3.63, 3.8) is 0 Å². The van der Waals surface area contributed by atoms with E-state index in [9.17, 15) is 9.59 Å². The van der Waals surface area contributed by atoms with Gasteiger partial charge in [0.15, 0.2) is 0 Å². The quantitative estimate of drug-likeness (QED) is 0.276. The number of halogens is 3. The Morgan fingerprint density at radius 3 is 2.64 bits per heavy atom. The molecule has 3 aromatic rings. The van der Waals surface area contributed by atoms with Gasteiger partial charge in [-0.3, -0.25) is 9.69 Å². The van der Waals surface area contributed by atoms with Crippen LogP contribution in [0, 0.1) is 6.92 Å². The lowest BCUT2D eigenvalue weighted by Gasteiger charge is -2.12. The van der Waals surface area contributed by atoms with Crippen molar-refractivity contribution >= 4 is 57.1 Å². The van der Waals surface area contributed by atoms with E-state index in [2.05, 4.69) is 21.2 Å². The molecule has 1 N–H and O–H groups in total. The Bertz CT molecular complexity index is 1280. The van der Waals surface area contributed by atoms with Crippen LogP contribution in [0.4, 0.5) is 4.79 Å². The molecule has 0 aromatic heterocycles. The average molecular weight is 546 g/mol. The predicted octanol–water partition coefficient (Wildman–Crippen LogP) is 6.74. The van der Waals surface area contributed by atoms with Gasteiger partial charge in [-0.2, -0.15) is 0 Å². The molecule has 1 fully saturated rings. The lowest BCUT2D eigenvalue weighted by Crippen LogP contribution is -2.30. The second-order valence-electron chi connectivity index (χ2n) is 7.58. The number of rotatable bonds is 6. The van der Waals surface area contributed by atoms with Gasteiger partial charge >= 0.3 is 6.03 Å². The molecule has 4 rings (SSSR count). The second-order valence-corrected chi connectivity index (χ2v) is 9.33. The number of aryl methyl sites for hydroxylation is 1. The summed E-state index contributed by atoms with van der Waals surface area (Å²) >= 11 is 15.7. The van der Waals surface area contributed by atoms with E-state index in [0.29, 0.717) is 21.4 Å². The third-order valence-electron chi connectivity index (χ3n) is 5.06. The average Bonchev–Trinajstić information content (AvgIpc) is 3.02. The van der Waals surface area contributed by atoms with Crippen LogP contribution in [0.3, 0.4) is 0 Å². The number of hydrogen-bond donors (Lipinski definition) is 1. The van der Waals surface area contributed by atoms with Crippen molar-refractivity contribution in [3.05, 3.63) is 103 Å². The zero-order valence-electron chi connectivity index (χ0n) is 17.6. The third kappa shape index (κ3) is 5.58. The molecule has 0 unspecified atom stereocenters. The Labute approximate surface area is 210 Å². The van der Waals surface area contributed by atoms with Crippen LogP contribution in [-0.4, -0.2) is 16.8 Å². The van der Waals surface area contributed by atoms with Gasteiger partial charge in [0.05, 0.1) is 6.54 Å². The van der Waals surface area contributed by atoms with Gasteiger partial charge in [-0.25, -0.2) is 4.79 Å². The number of nitrogens with one attached hydrogen (secondary N) is 1. The molecule has 1 saturated heterocycles.